The van der Waals surface area contributed by atoms with Crippen LogP contribution < -0.4 is 5.32 Å². The topological polar surface area (TPSA) is 45.2 Å². The summed E-state index contributed by atoms with van der Waals surface area (Å²) in [7, 11) is 0. The third kappa shape index (κ3) is 3.08. The van der Waals surface area contributed by atoms with Gasteiger partial charge in [0.05, 0.1) is 6.04 Å². The third-order valence-electron chi connectivity index (χ3n) is 4.35. The van der Waals surface area contributed by atoms with Gasteiger partial charge >= 0.3 is 0 Å². The summed E-state index contributed by atoms with van der Waals surface area (Å²) in [6.45, 7) is 2.07. The molecule has 0 saturated carbocycles. The Labute approximate surface area is 150 Å². The Bertz CT molecular complexity index is 994. The standard InChI is InChI=1S/C21H18N2OS/c1-14-6-8-16(9-7-14)19(23-21-22-12-13-25-21)18-11-10-15-4-2-3-5-17(15)20(18)24/h2-13,19,24H,1H3,(H,22,23)/t19-/m1/s1. The zero-order valence-corrected chi connectivity index (χ0v) is 14.6. The number of phenols is 1. The van der Waals surface area contributed by atoms with Crippen LogP contribution in [0.15, 0.2) is 72.2 Å². The molecular weight excluding hydrogens is 328 g/mol. The van der Waals surface area contributed by atoms with Gasteiger partial charge < -0.3 is 10.4 Å². The van der Waals surface area contributed by atoms with E-state index < -0.39 is 0 Å². The molecule has 1 atom stereocenters. The van der Waals surface area contributed by atoms with E-state index in [1.807, 2.05) is 35.7 Å². The van der Waals surface area contributed by atoms with Crippen molar-refractivity contribution in [1.82, 2.24) is 4.98 Å². The molecule has 4 aromatic rings. The second kappa shape index (κ2) is 6.57. The summed E-state index contributed by atoms with van der Waals surface area (Å²) >= 11 is 1.55. The molecule has 0 aliphatic heterocycles. The van der Waals surface area contributed by atoms with Gasteiger partial charge in [-0.05, 0) is 17.9 Å². The van der Waals surface area contributed by atoms with Gasteiger partial charge in [-0.3, -0.25) is 0 Å². The molecule has 0 bridgehead atoms. The number of benzene rings is 3. The Morgan fingerprint density at radius 3 is 2.56 bits per heavy atom. The first-order chi connectivity index (χ1) is 12.2. The molecule has 0 fully saturated rings. The molecule has 2 N–H and O–H groups in total. The minimum absolute atomic E-state index is 0.170. The second-order valence-electron chi connectivity index (χ2n) is 6.05. The van der Waals surface area contributed by atoms with Crippen LogP contribution in [-0.4, -0.2) is 10.1 Å². The van der Waals surface area contributed by atoms with Gasteiger partial charge in [-0.2, -0.15) is 0 Å². The highest BCUT2D eigenvalue weighted by atomic mass is 32.1. The Morgan fingerprint density at radius 2 is 1.80 bits per heavy atom. The molecule has 0 radical (unpaired) electrons. The molecule has 1 heterocycles. The zero-order valence-electron chi connectivity index (χ0n) is 13.8. The minimum atomic E-state index is -0.170. The van der Waals surface area contributed by atoms with Crippen LogP contribution in [0, 0.1) is 6.92 Å². The first kappa shape index (κ1) is 15.7. The molecule has 0 aliphatic carbocycles. The molecule has 0 saturated heterocycles. The van der Waals surface area contributed by atoms with E-state index in [1.54, 1.807) is 17.5 Å². The molecule has 25 heavy (non-hydrogen) atoms. The average molecular weight is 346 g/mol. The largest absolute Gasteiger partial charge is 0.507 e. The highest BCUT2D eigenvalue weighted by Gasteiger charge is 2.20. The summed E-state index contributed by atoms with van der Waals surface area (Å²) in [5.74, 6) is 0.313. The summed E-state index contributed by atoms with van der Waals surface area (Å²) in [6, 6.07) is 20.1. The zero-order chi connectivity index (χ0) is 17.2. The molecule has 4 rings (SSSR count). The number of aromatic nitrogens is 1. The van der Waals surface area contributed by atoms with E-state index in [4.69, 9.17) is 0 Å². The van der Waals surface area contributed by atoms with Crippen molar-refractivity contribution >= 4 is 27.2 Å². The van der Waals surface area contributed by atoms with Crippen molar-refractivity contribution in [2.75, 3.05) is 5.32 Å². The fraction of sp³-hybridized carbons (Fsp3) is 0.0952. The number of aromatic hydroxyl groups is 1. The van der Waals surface area contributed by atoms with Crippen LogP contribution in [0.2, 0.25) is 0 Å². The fourth-order valence-corrected chi connectivity index (χ4v) is 3.58. The summed E-state index contributed by atoms with van der Waals surface area (Å²) < 4.78 is 0. The normalized spacial score (nSPS) is 12.2. The molecule has 3 aromatic carbocycles. The van der Waals surface area contributed by atoms with Crippen molar-refractivity contribution in [3.8, 4) is 5.75 Å². The monoisotopic (exact) mass is 346 g/mol. The minimum Gasteiger partial charge on any atom is -0.507 e. The van der Waals surface area contributed by atoms with Crippen LogP contribution >= 0.6 is 11.3 Å². The Hall–Kier alpha value is -2.85. The predicted octanol–water partition coefficient (Wildman–Crippen LogP) is 5.51. The molecule has 0 aliphatic rings. The Kier molecular flexibility index (Phi) is 4.12. The second-order valence-corrected chi connectivity index (χ2v) is 6.94. The van der Waals surface area contributed by atoms with E-state index in [9.17, 15) is 5.11 Å². The number of fused-ring (bicyclic) bond motifs is 1. The Balaban J connectivity index is 1.85. The summed E-state index contributed by atoms with van der Waals surface area (Å²) in [5.41, 5.74) is 3.14. The lowest BCUT2D eigenvalue weighted by atomic mass is 9.94. The van der Waals surface area contributed by atoms with Gasteiger partial charge in [-0.15, -0.1) is 11.3 Å². The number of rotatable bonds is 4. The van der Waals surface area contributed by atoms with Crippen molar-refractivity contribution in [3.63, 3.8) is 0 Å². The van der Waals surface area contributed by atoms with Gasteiger partial charge in [0.25, 0.3) is 0 Å². The van der Waals surface area contributed by atoms with E-state index in [2.05, 4.69) is 47.6 Å². The average Bonchev–Trinajstić information content (AvgIpc) is 3.15. The highest BCUT2D eigenvalue weighted by molar-refractivity contribution is 7.13. The maximum atomic E-state index is 10.9. The van der Waals surface area contributed by atoms with Crippen LogP contribution in [0.25, 0.3) is 10.8 Å². The number of anilines is 1. The van der Waals surface area contributed by atoms with Crippen LogP contribution in [-0.2, 0) is 0 Å². The molecule has 1 aromatic heterocycles. The number of aryl methyl sites for hydroxylation is 1. The smallest absolute Gasteiger partial charge is 0.183 e. The first-order valence-corrected chi connectivity index (χ1v) is 9.03. The molecule has 4 heteroatoms. The summed E-state index contributed by atoms with van der Waals surface area (Å²) in [6.07, 6.45) is 1.78. The number of phenolic OH excluding ortho intramolecular Hbond substituents is 1. The number of hydrogen-bond donors (Lipinski definition) is 2. The number of thiazole rings is 1. The molecular formula is C21H18N2OS. The van der Waals surface area contributed by atoms with Gasteiger partial charge in [-0.25, -0.2) is 4.98 Å². The first-order valence-electron chi connectivity index (χ1n) is 8.15. The van der Waals surface area contributed by atoms with Crippen LogP contribution in [0.1, 0.15) is 22.7 Å². The quantitative estimate of drug-likeness (QED) is 0.512. The highest BCUT2D eigenvalue weighted by Crippen LogP contribution is 2.37. The van der Waals surface area contributed by atoms with Gasteiger partial charge in [0, 0.05) is 22.5 Å². The van der Waals surface area contributed by atoms with Crippen molar-refractivity contribution < 1.29 is 5.11 Å². The molecule has 3 nitrogen and oxygen atoms in total. The van der Waals surface area contributed by atoms with E-state index in [0.29, 0.717) is 5.75 Å². The summed E-state index contributed by atoms with van der Waals surface area (Å²) in [5, 5.41) is 19.0. The van der Waals surface area contributed by atoms with Crippen molar-refractivity contribution in [1.29, 1.82) is 0 Å². The van der Waals surface area contributed by atoms with E-state index in [0.717, 1.165) is 27.0 Å². The van der Waals surface area contributed by atoms with Crippen molar-refractivity contribution in [2.45, 2.75) is 13.0 Å². The van der Waals surface area contributed by atoms with Crippen molar-refractivity contribution in [3.05, 3.63) is 88.9 Å². The molecule has 0 spiro atoms. The fourth-order valence-electron chi connectivity index (χ4n) is 3.02. The maximum absolute atomic E-state index is 10.9. The van der Waals surface area contributed by atoms with Gasteiger partial charge in [0.2, 0.25) is 0 Å². The number of hydrogen-bond acceptors (Lipinski definition) is 4. The van der Waals surface area contributed by atoms with E-state index in [1.165, 1.54) is 5.56 Å². The van der Waals surface area contributed by atoms with Gasteiger partial charge in [-0.1, -0.05) is 66.2 Å². The third-order valence-corrected chi connectivity index (χ3v) is 5.06. The maximum Gasteiger partial charge on any atom is 0.183 e. The van der Waals surface area contributed by atoms with Crippen LogP contribution in [0.5, 0.6) is 5.75 Å². The summed E-state index contributed by atoms with van der Waals surface area (Å²) in [4.78, 5) is 4.34. The predicted molar refractivity (Wildman–Crippen MR) is 104 cm³/mol. The lowest BCUT2D eigenvalue weighted by Crippen LogP contribution is -2.12. The molecule has 0 unspecified atom stereocenters. The lowest BCUT2D eigenvalue weighted by Gasteiger charge is -2.21. The number of nitrogens with zero attached hydrogens (tertiary/aromatic N) is 1. The van der Waals surface area contributed by atoms with Gasteiger partial charge in [0.1, 0.15) is 5.75 Å². The van der Waals surface area contributed by atoms with E-state index in [-0.39, 0.29) is 6.04 Å². The molecule has 124 valence electrons. The lowest BCUT2D eigenvalue weighted by molar-refractivity contribution is 0.473. The molecule has 0 amide bonds. The number of nitrogens with one attached hydrogen (secondary N) is 1. The Morgan fingerprint density at radius 1 is 1.00 bits per heavy atom. The van der Waals surface area contributed by atoms with Crippen molar-refractivity contribution in [2.24, 2.45) is 0 Å². The van der Waals surface area contributed by atoms with Gasteiger partial charge in [0.15, 0.2) is 5.13 Å². The SMILES string of the molecule is Cc1ccc([C@@H](Nc2nccs2)c2ccc3ccccc3c2O)cc1. The van der Waals surface area contributed by atoms with Crippen LogP contribution in [0.4, 0.5) is 5.13 Å². The van der Waals surface area contributed by atoms with E-state index >= 15 is 0 Å². The van der Waals surface area contributed by atoms with Crippen LogP contribution in [0.3, 0.4) is 0 Å².